The molecule has 0 fully saturated rings. The summed E-state index contributed by atoms with van der Waals surface area (Å²) in [5.74, 6) is -0.166. The molecule has 7 heteroatoms. The van der Waals surface area contributed by atoms with Crippen LogP contribution in [0.2, 0.25) is 0 Å². The third kappa shape index (κ3) is 2.46. The summed E-state index contributed by atoms with van der Waals surface area (Å²) in [5, 5.41) is 11.3. The second-order valence-electron chi connectivity index (χ2n) is 4.82. The van der Waals surface area contributed by atoms with Crippen molar-refractivity contribution in [2.24, 2.45) is 0 Å². The van der Waals surface area contributed by atoms with Crippen LogP contribution in [0.25, 0.3) is 10.9 Å². The Bertz CT molecular complexity index is 946. The highest BCUT2D eigenvalue weighted by atomic mass is 32.2. The zero-order valence-electron chi connectivity index (χ0n) is 11.4. The van der Waals surface area contributed by atoms with Crippen molar-refractivity contribution < 1.29 is 13.3 Å². The van der Waals surface area contributed by atoms with Gasteiger partial charge in [-0.2, -0.15) is 0 Å². The number of nitro groups is 1. The molecule has 0 atom stereocenters. The summed E-state index contributed by atoms with van der Waals surface area (Å²) in [4.78, 5) is 10.5. The summed E-state index contributed by atoms with van der Waals surface area (Å²) >= 11 is 0. The molecule has 6 nitrogen and oxygen atoms in total. The van der Waals surface area contributed by atoms with Crippen LogP contribution >= 0.6 is 0 Å². The normalized spacial score (nSPS) is 11.6. The van der Waals surface area contributed by atoms with Crippen molar-refractivity contribution in [2.75, 3.05) is 0 Å². The van der Waals surface area contributed by atoms with Crippen molar-refractivity contribution in [2.45, 2.75) is 5.75 Å². The van der Waals surface area contributed by atoms with Crippen molar-refractivity contribution in [3.05, 3.63) is 76.5 Å². The summed E-state index contributed by atoms with van der Waals surface area (Å²) in [6.45, 7) is 0. The van der Waals surface area contributed by atoms with Crippen molar-refractivity contribution in [3.63, 3.8) is 0 Å². The van der Waals surface area contributed by atoms with Crippen molar-refractivity contribution in [1.29, 1.82) is 0 Å². The lowest BCUT2D eigenvalue weighted by Crippen LogP contribution is -2.13. The van der Waals surface area contributed by atoms with E-state index in [1.807, 2.05) is 6.07 Å². The fraction of sp³-hybridized carbons (Fsp3) is 0.0667. The van der Waals surface area contributed by atoms with E-state index in [4.69, 9.17) is 0 Å². The lowest BCUT2D eigenvalue weighted by molar-refractivity contribution is -0.383. The van der Waals surface area contributed by atoms with Crippen LogP contribution in [0.1, 0.15) is 5.56 Å². The number of aromatic nitrogens is 1. The first-order chi connectivity index (χ1) is 10.5. The van der Waals surface area contributed by atoms with Crippen LogP contribution in [-0.4, -0.2) is 17.3 Å². The van der Waals surface area contributed by atoms with Crippen LogP contribution in [0, 0.1) is 10.1 Å². The number of benzene rings is 2. The average molecular weight is 316 g/mol. The van der Waals surface area contributed by atoms with Crippen LogP contribution in [-0.2, 0) is 15.8 Å². The predicted molar refractivity (Wildman–Crippen MR) is 83.1 cm³/mol. The summed E-state index contributed by atoms with van der Waals surface area (Å²) in [7, 11) is -3.64. The first-order valence-corrected chi connectivity index (χ1v) is 8.11. The first-order valence-electron chi connectivity index (χ1n) is 6.51. The van der Waals surface area contributed by atoms with Gasteiger partial charge >= 0.3 is 0 Å². The molecule has 1 heterocycles. The molecule has 0 saturated carbocycles. The maximum Gasteiger partial charge on any atom is 0.278 e. The van der Waals surface area contributed by atoms with E-state index in [9.17, 15) is 18.5 Å². The van der Waals surface area contributed by atoms with Crippen molar-refractivity contribution in [1.82, 2.24) is 3.97 Å². The van der Waals surface area contributed by atoms with Gasteiger partial charge in [-0.15, -0.1) is 0 Å². The molecule has 0 saturated heterocycles. The van der Waals surface area contributed by atoms with Gasteiger partial charge < -0.3 is 0 Å². The number of non-ortho nitro benzene ring substituents is 1. The molecule has 0 bridgehead atoms. The van der Waals surface area contributed by atoms with Gasteiger partial charge in [-0.3, -0.25) is 10.1 Å². The van der Waals surface area contributed by atoms with E-state index in [0.29, 0.717) is 16.5 Å². The van der Waals surface area contributed by atoms with Gasteiger partial charge in [0.15, 0.2) is 0 Å². The minimum absolute atomic E-state index is 0.105. The average Bonchev–Trinajstić information content (AvgIpc) is 2.92. The number of hydrogen-bond donors (Lipinski definition) is 0. The van der Waals surface area contributed by atoms with Crippen LogP contribution in [0.5, 0.6) is 0 Å². The quantitative estimate of drug-likeness (QED) is 0.547. The van der Waals surface area contributed by atoms with E-state index in [1.165, 1.54) is 24.4 Å². The van der Waals surface area contributed by atoms with E-state index in [-0.39, 0.29) is 11.4 Å². The fourth-order valence-corrected chi connectivity index (χ4v) is 3.84. The van der Waals surface area contributed by atoms with Crippen LogP contribution in [0.4, 0.5) is 5.69 Å². The second kappa shape index (κ2) is 5.27. The maximum absolute atomic E-state index is 12.6. The van der Waals surface area contributed by atoms with Crippen molar-refractivity contribution in [3.8, 4) is 0 Å². The van der Waals surface area contributed by atoms with E-state index >= 15 is 0 Å². The Hall–Kier alpha value is -2.67. The molecular weight excluding hydrogens is 304 g/mol. The summed E-state index contributed by atoms with van der Waals surface area (Å²) in [6, 6.07) is 14.7. The number of nitro benzene ring substituents is 1. The third-order valence-corrected chi connectivity index (χ3v) is 4.98. The Labute approximate surface area is 126 Å². The molecule has 0 N–H and O–H groups in total. The standard InChI is InChI=1S/C15H12N2O4S/c18-17(19)15-8-4-7-14-13(15)9-10-16(14)22(20,21)11-12-5-2-1-3-6-12/h1-10H,11H2. The third-order valence-electron chi connectivity index (χ3n) is 3.36. The topological polar surface area (TPSA) is 82.2 Å². The van der Waals surface area contributed by atoms with E-state index in [0.717, 1.165) is 3.97 Å². The molecule has 3 rings (SSSR count). The number of rotatable bonds is 4. The number of hydrogen-bond acceptors (Lipinski definition) is 4. The Morgan fingerprint density at radius 2 is 1.73 bits per heavy atom. The molecular formula is C15H12N2O4S. The minimum Gasteiger partial charge on any atom is -0.258 e. The van der Waals surface area contributed by atoms with Gasteiger partial charge in [-0.25, -0.2) is 12.4 Å². The first kappa shape index (κ1) is 14.3. The molecule has 2 aromatic carbocycles. The highest BCUT2D eigenvalue weighted by Crippen LogP contribution is 2.27. The van der Waals surface area contributed by atoms with E-state index in [1.54, 1.807) is 30.3 Å². The number of fused-ring (bicyclic) bond motifs is 1. The zero-order valence-corrected chi connectivity index (χ0v) is 12.2. The maximum atomic E-state index is 12.6. The van der Waals surface area contributed by atoms with E-state index < -0.39 is 14.9 Å². The molecule has 0 radical (unpaired) electrons. The molecule has 3 aromatic rings. The lowest BCUT2D eigenvalue weighted by atomic mass is 10.2. The highest BCUT2D eigenvalue weighted by Gasteiger charge is 2.20. The molecule has 112 valence electrons. The Balaban J connectivity index is 2.10. The minimum atomic E-state index is -3.64. The fourth-order valence-electron chi connectivity index (χ4n) is 2.38. The van der Waals surface area contributed by atoms with Gasteiger partial charge in [0.05, 0.1) is 21.6 Å². The monoisotopic (exact) mass is 316 g/mol. The lowest BCUT2D eigenvalue weighted by Gasteiger charge is -2.07. The molecule has 0 amide bonds. The molecule has 0 aliphatic carbocycles. The Kier molecular flexibility index (Phi) is 3.42. The van der Waals surface area contributed by atoms with Crippen LogP contribution in [0.15, 0.2) is 60.8 Å². The van der Waals surface area contributed by atoms with Crippen LogP contribution in [0.3, 0.4) is 0 Å². The van der Waals surface area contributed by atoms with Crippen molar-refractivity contribution >= 4 is 26.6 Å². The second-order valence-corrected chi connectivity index (χ2v) is 6.67. The molecule has 22 heavy (non-hydrogen) atoms. The van der Waals surface area contributed by atoms with E-state index in [2.05, 4.69) is 0 Å². The highest BCUT2D eigenvalue weighted by molar-refractivity contribution is 7.89. The largest absolute Gasteiger partial charge is 0.278 e. The van der Waals surface area contributed by atoms with Gasteiger partial charge in [-0.1, -0.05) is 36.4 Å². The molecule has 0 spiro atoms. The zero-order chi connectivity index (χ0) is 15.7. The SMILES string of the molecule is O=[N+]([O-])c1cccc2c1ccn2S(=O)(=O)Cc1ccccc1. The Morgan fingerprint density at radius 3 is 2.41 bits per heavy atom. The van der Waals surface area contributed by atoms with Gasteiger partial charge in [0, 0.05) is 12.3 Å². The van der Waals surface area contributed by atoms with Gasteiger partial charge in [-0.05, 0) is 17.7 Å². The smallest absolute Gasteiger partial charge is 0.258 e. The summed E-state index contributed by atoms with van der Waals surface area (Å²) < 4.78 is 26.2. The van der Waals surface area contributed by atoms with Gasteiger partial charge in [0.1, 0.15) is 0 Å². The predicted octanol–water partition coefficient (Wildman–Crippen LogP) is 2.93. The molecule has 0 aliphatic rings. The molecule has 1 aromatic heterocycles. The van der Waals surface area contributed by atoms with Crippen LogP contribution < -0.4 is 0 Å². The summed E-state index contributed by atoms with van der Waals surface area (Å²) in [6.07, 6.45) is 1.36. The summed E-state index contributed by atoms with van der Waals surface area (Å²) in [5.41, 5.74) is 0.867. The molecule has 0 aliphatic heterocycles. The number of nitrogens with zero attached hydrogens (tertiary/aromatic N) is 2. The molecule has 0 unspecified atom stereocenters. The van der Waals surface area contributed by atoms with Gasteiger partial charge in [0.2, 0.25) is 10.0 Å². The Morgan fingerprint density at radius 1 is 1.00 bits per heavy atom. The van der Waals surface area contributed by atoms with Gasteiger partial charge in [0.25, 0.3) is 5.69 Å².